The second-order valence-corrected chi connectivity index (χ2v) is 4.02. The van der Waals surface area contributed by atoms with Gasteiger partial charge >= 0.3 is 0 Å². The van der Waals surface area contributed by atoms with Crippen molar-refractivity contribution in [3.8, 4) is 0 Å². The Balaban J connectivity index is 2.33. The molecule has 1 aromatic rings. The predicted octanol–water partition coefficient (Wildman–Crippen LogP) is 2.37. The zero-order valence-corrected chi connectivity index (χ0v) is 9.24. The summed E-state index contributed by atoms with van der Waals surface area (Å²) in [5, 5.41) is 2.06. The topological polar surface area (TPSA) is 16.1 Å². The van der Waals surface area contributed by atoms with E-state index in [0.717, 1.165) is 24.4 Å². The van der Waals surface area contributed by atoms with Crippen molar-refractivity contribution in [2.45, 2.75) is 6.54 Å². The largest absolute Gasteiger partial charge is 0.297 e. The molecule has 0 aromatic carbocycles. The minimum Gasteiger partial charge on any atom is -0.297 e. The highest BCUT2D eigenvalue weighted by Crippen LogP contribution is 2.05. The standard InChI is InChI=1S/C9H13ClN2S/c1-8(3-10)4-12(2)5-9-6-13-7-11-9/h6-7H,1,3-5H2,2H3. The van der Waals surface area contributed by atoms with Crippen molar-refractivity contribution in [1.29, 1.82) is 0 Å². The van der Waals surface area contributed by atoms with Crippen LogP contribution in [0, 0.1) is 0 Å². The van der Waals surface area contributed by atoms with E-state index in [1.807, 2.05) is 12.6 Å². The number of thiazole rings is 1. The Bertz CT molecular complexity index is 259. The molecule has 1 heterocycles. The van der Waals surface area contributed by atoms with Crippen molar-refractivity contribution in [2.24, 2.45) is 0 Å². The van der Waals surface area contributed by atoms with E-state index < -0.39 is 0 Å². The van der Waals surface area contributed by atoms with E-state index in [1.54, 1.807) is 11.3 Å². The lowest BCUT2D eigenvalue weighted by atomic mass is 10.3. The lowest BCUT2D eigenvalue weighted by Gasteiger charge is -2.15. The van der Waals surface area contributed by atoms with Crippen LogP contribution in [-0.2, 0) is 6.54 Å². The number of rotatable bonds is 5. The monoisotopic (exact) mass is 216 g/mol. The molecule has 0 saturated heterocycles. The van der Waals surface area contributed by atoms with Crippen LogP contribution in [-0.4, -0.2) is 29.4 Å². The van der Waals surface area contributed by atoms with Crippen LogP contribution in [0.2, 0.25) is 0 Å². The SMILES string of the molecule is C=C(CCl)CN(C)Cc1cscn1. The number of hydrogen-bond donors (Lipinski definition) is 0. The first-order valence-corrected chi connectivity index (χ1v) is 5.48. The summed E-state index contributed by atoms with van der Waals surface area (Å²) in [5.41, 5.74) is 3.99. The second-order valence-electron chi connectivity index (χ2n) is 3.04. The zero-order chi connectivity index (χ0) is 9.68. The number of aromatic nitrogens is 1. The van der Waals surface area contributed by atoms with Crippen molar-refractivity contribution in [3.63, 3.8) is 0 Å². The number of likely N-dealkylation sites (N-methyl/N-ethyl adjacent to an activating group) is 1. The molecule has 0 radical (unpaired) electrons. The molecule has 0 bridgehead atoms. The van der Waals surface area contributed by atoms with Crippen LogP contribution >= 0.6 is 22.9 Å². The maximum atomic E-state index is 5.64. The lowest BCUT2D eigenvalue weighted by molar-refractivity contribution is 0.352. The number of nitrogens with zero attached hydrogens (tertiary/aromatic N) is 2. The average molecular weight is 217 g/mol. The maximum absolute atomic E-state index is 5.64. The Hall–Kier alpha value is -0.380. The van der Waals surface area contributed by atoms with E-state index in [2.05, 4.69) is 21.8 Å². The van der Waals surface area contributed by atoms with Gasteiger partial charge in [0.15, 0.2) is 0 Å². The van der Waals surface area contributed by atoms with Gasteiger partial charge in [-0.2, -0.15) is 0 Å². The maximum Gasteiger partial charge on any atom is 0.0795 e. The summed E-state index contributed by atoms with van der Waals surface area (Å²) in [6.07, 6.45) is 0. The highest BCUT2D eigenvalue weighted by atomic mass is 35.5. The third-order valence-corrected chi connectivity index (χ3v) is 2.61. The van der Waals surface area contributed by atoms with E-state index in [9.17, 15) is 0 Å². The van der Waals surface area contributed by atoms with Crippen molar-refractivity contribution in [1.82, 2.24) is 9.88 Å². The molecule has 0 N–H and O–H groups in total. The molecule has 4 heteroatoms. The number of alkyl halides is 1. The Labute approximate surface area is 87.9 Å². The van der Waals surface area contributed by atoms with Crippen LogP contribution in [0.3, 0.4) is 0 Å². The van der Waals surface area contributed by atoms with E-state index in [4.69, 9.17) is 11.6 Å². The molecular formula is C9H13ClN2S. The summed E-state index contributed by atoms with van der Waals surface area (Å²) < 4.78 is 0. The third kappa shape index (κ3) is 3.89. The molecule has 0 saturated carbocycles. The quantitative estimate of drug-likeness (QED) is 0.555. The Kier molecular flexibility index (Phi) is 4.42. The fourth-order valence-corrected chi connectivity index (χ4v) is 1.71. The molecule has 0 spiro atoms. The van der Waals surface area contributed by atoms with Gasteiger partial charge in [0.2, 0.25) is 0 Å². The smallest absolute Gasteiger partial charge is 0.0795 e. The molecule has 0 aliphatic carbocycles. The van der Waals surface area contributed by atoms with Crippen molar-refractivity contribution in [3.05, 3.63) is 28.7 Å². The molecule has 0 atom stereocenters. The van der Waals surface area contributed by atoms with Crippen molar-refractivity contribution < 1.29 is 0 Å². The van der Waals surface area contributed by atoms with Gasteiger partial charge in [-0.1, -0.05) is 6.58 Å². The molecular weight excluding hydrogens is 204 g/mol. The summed E-state index contributed by atoms with van der Waals surface area (Å²) >= 11 is 7.26. The van der Waals surface area contributed by atoms with Gasteiger partial charge in [0.05, 0.1) is 11.2 Å². The molecule has 13 heavy (non-hydrogen) atoms. The van der Waals surface area contributed by atoms with E-state index in [1.165, 1.54) is 0 Å². The van der Waals surface area contributed by atoms with Crippen LogP contribution < -0.4 is 0 Å². The van der Waals surface area contributed by atoms with Gasteiger partial charge in [0.25, 0.3) is 0 Å². The molecule has 0 unspecified atom stereocenters. The van der Waals surface area contributed by atoms with Crippen LogP contribution in [0.1, 0.15) is 5.69 Å². The molecule has 1 rings (SSSR count). The summed E-state index contributed by atoms with van der Waals surface area (Å²) in [7, 11) is 2.04. The zero-order valence-electron chi connectivity index (χ0n) is 7.66. The molecule has 0 aliphatic rings. The first-order chi connectivity index (χ1) is 6.22. The highest BCUT2D eigenvalue weighted by molar-refractivity contribution is 7.07. The lowest BCUT2D eigenvalue weighted by Crippen LogP contribution is -2.20. The van der Waals surface area contributed by atoms with Gasteiger partial charge in [0, 0.05) is 24.3 Å². The summed E-state index contributed by atoms with van der Waals surface area (Å²) in [6.45, 7) is 5.55. The summed E-state index contributed by atoms with van der Waals surface area (Å²) in [4.78, 5) is 6.36. The number of hydrogen-bond acceptors (Lipinski definition) is 3. The first-order valence-electron chi connectivity index (χ1n) is 4.00. The van der Waals surface area contributed by atoms with Crippen LogP contribution in [0.4, 0.5) is 0 Å². The Morgan fingerprint density at radius 1 is 1.77 bits per heavy atom. The molecule has 0 fully saturated rings. The molecule has 0 amide bonds. The first kappa shape index (κ1) is 10.7. The molecule has 0 aliphatic heterocycles. The number of halogens is 1. The van der Waals surface area contributed by atoms with Gasteiger partial charge in [-0.05, 0) is 12.6 Å². The van der Waals surface area contributed by atoms with Gasteiger partial charge in [0.1, 0.15) is 0 Å². The Morgan fingerprint density at radius 2 is 2.54 bits per heavy atom. The van der Waals surface area contributed by atoms with Crippen LogP contribution in [0.25, 0.3) is 0 Å². The molecule has 2 nitrogen and oxygen atoms in total. The van der Waals surface area contributed by atoms with Crippen LogP contribution in [0.15, 0.2) is 23.0 Å². The third-order valence-electron chi connectivity index (χ3n) is 1.60. The summed E-state index contributed by atoms with van der Waals surface area (Å²) in [5.74, 6) is 0.529. The van der Waals surface area contributed by atoms with E-state index in [-0.39, 0.29) is 0 Å². The average Bonchev–Trinajstić information content (AvgIpc) is 2.56. The van der Waals surface area contributed by atoms with Gasteiger partial charge < -0.3 is 0 Å². The van der Waals surface area contributed by atoms with Gasteiger partial charge in [-0.25, -0.2) is 4.98 Å². The van der Waals surface area contributed by atoms with E-state index in [0.29, 0.717) is 5.88 Å². The van der Waals surface area contributed by atoms with Crippen molar-refractivity contribution in [2.75, 3.05) is 19.5 Å². The minimum atomic E-state index is 0.529. The minimum absolute atomic E-state index is 0.529. The van der Waals surface area contributed by atoms with Crippen LogP contribution in [0.5, 0.6) is 0 Å². The normalized spacial score (nSPS) is 10.7. The van der Waals surface area contributed by atoms with Gasteiger partial charge in [-0.15, -0.1) is 22.9 Å². The fourth-order valence-electron chi connectivity index (χ4n) is 1.07. The molecule has 72 valence electrons. The fraction of sp³-hybridized carbons (Fsp3) is 0.444. The molecule has 1 aromatic heterocycles. The van der Waals surface area contributed by atoms with E-state index >= 15 is 0 Å². The Morgan fingerprint density at radius 3 is 3.08 bits per heavy atom. The highest BCUT2D eigenvalue weighted by Gasteiger charge is 2.02. The second kappa shape index (κ2) is 5.37. The van der Waals surface area contributed by atoms with Crippen molar-refractivity contribution >= 4 is 22.9 Å². The predicted molar refractivity (Wildman–Crippen MR) is 58.3 cm³/mol. The summed E-state index contributed by atoms with van der Waals surface area (Å²) in [6, 6.07) is 0. The van der Waals surface area contributed by atoms with Gasteiger partial charge in [-0.3, -0.25) is 4.90 Å².